The van der Waals surface area contributed by atoms with Crippen molar-refractivity contribution in [3.05, 3.63) is 35.4 Å². The number of carbonyl (C=O) groups is 2. The summed E-state index contributed by atoms with van der Waals surface area (Å²) >= 11 is 0. The van der Waals surface area contributed by atoms with Crippen LogP contribution in [0.15, 0.2) is 18.2 Å². The molecular weight excluding hydrogens is 292 g/mol. The van der Waals surface area contributed by atoms with Crippen molar-refractivity contribution >= 4 is 11.9 Å². The highest BCUT2D eigenvalue weighted by Crippen LogP contribution is 2.14. The van der Waals surface area contributed by atoms with Crippen LogP contribution in [0.5, 0.6) is 0 Å². The quantitative estimate of drug-likeness (QED) is 0.809. The van der Waals surface area contributed by atoms with Crippen LogP contribution in [0, 0.1) is 11.6 Å². The van der Waals surface area contributed by atoms with Crippen molar-refractivity contribution in [2.75, 3.05) is 19.6 Å². The molecule has 0 saturated heterocycles. The van der Waals surface area contributed by atoms with E-state index in [1.807, 2.05) is 6.92 Å². The zero-order valence-corrected chi connectivity index (χ0v) is 12.8. The van der Waals surface area contributed by atoms with Crippen molar-refractivity contribution in [1.82, 2.24) is 15.5 Å². The van der Waals surface area contributed by atoms with Crippen LogP contribution in [0.2, 0.25) is 0 Å². The van der Waals surface area contributed by atoms with Crippen molar-refractivity contribution in [1.29, 1.82) is 0 Å². The van der Waals surface area contributed by atoms with Crippen LogP contribution >= 0.6 is 0 Å². The van der Waals surface area contributed by atoms with Crippen LogP contribution in [-0.2, 0) is 11.3 Å². The monoisotopic (exact) mass is 313 g/mol. The molecular formula is C15H21F2N3O2. The van der Waals surface area contributed by atoms with E-state index in [-0.39, 0.29) is 18.7 Å². The first-order valence-electron chi connectivity index (χ1n) is 7.20. The molecule has 0 heterocycles. The molecule has 0 aliphatic heterocycles. The Hall–Kier alpha value is -2.02. The Balaban J connectivity index is 2.58. The largest absolute Gasteiger partial charge is 0.338 e. The summed E-state index contributed by atoms with van der Waals surface area (Å²) in [7, 11) is 0. The molecule has 1 aromatic rings. The van der Waals surface area contributed by atoms with Crippen molar-refractivity contribution < 1.29 is 18.4 Å². The molecule has 7 heteroatoms. The van der Waals surface area contributed by atoms with Crippen LogP contribution in [0.1, 0.15) is 25.8 Å². The maximum atomic E-state index is 13.6. The first kappa shape index (κ1) is 18.0. The zero-order valence-electron chi connectivity index (χ0n) is 12.8. The average molecular weight is 313 g/mol. The normalized spacial score (nSPS) is 10.6. The van der Waals surface area contributed by atoms with Gasteiger partial charge in [0.05, 0.1) is 6.54 Å². The fraction of sp³-hybridized carbons (Fsp3) is 0.467. The minimum absolute atomic E-state index is 0.0427. The Morgan fingerprint density at radius 1 is 1.18 bits per heavy atom. The predicted molar refractivity (Wildman–Crippen MR) is 79.1 cm³/mol. The molecule has 0 fully saturated rings. The van der Waals surface area contributed by atoms with Gasteiger partial charge in [0.2, 0.25) is 5.91 Å². The van der Waals surface area contributed by atoms with Gasteiger partial charge in [-0.3, -0.25) is 15.0 Å². The van der Waals surface area contributed by atoms with E-state index in [4.69, 9.17) is 0 Å². The van der Waals surface area contributed by atoms with Gasteiger partial charge in [0.15, 0.2) is 0 Å². The van der Waals surface area contributed by atoms with E-state index >= 15 is 0 Å². The summed E-state index contributed by atoms with van der Waals surface area (Å²) in [6.45, 7) is 4.38. The average Bonchev–Trinajstić information content (AvgIpc) is 2.47. The second-order valence-corrected chi connectivity index (χ2v) is 4.81. The number of likely N-dealkylation sites (N-methyl/N-ethyl adjacent to an activating group) is 1. The van der Waals surface area contributed by atoms with Crippen molar-refractivity contribution in [2.45, 2.75) is 26.8 Å². The van der Waals surface area contributed by atoms with Gasteiger partial charge in [0.25, 0.3) is 0 Å². The molecule has 2 N–H and O–H groups in total. The molecule has 1 aromatic carbocycles. The summed E-state index contributed by atoms with van der Waals surface area (Å²) in [6.07, 6.45) is 0.759. The third kappa shape index (κ3) is 5.77. The molecule has 0 unspecified atom stereocenters. The molecule has 122 valence electrons. The summed E-state index contributed by atoms with van der Waals surface area (Å²) < 4.78 is 27.2. The van der Waals surface area contributed by atoms with Crippen molar-refractivity contribution in [2.24, 2.45) is 0 Å². The van der Waals surface area contributed by atoms with Gasteiger partial charge in [-0.25, -0.2) is 13.6 Å². The van der Waals surface area contributed by atoms with Gasteiger partial charge in [0, 0.05) is 18.7 Å². The number of hydrogen-bond donors (Lipinski definition) is 2. The summed E-state index contributed by atoms with van der Waals surface area (Å²) in [4.78, 5) is 24.7. The number of hydrogen-bond acceptors (Lipinski definition) is 3. The second-order valence-electron chi connectivity index (χ2n) is 4.81. The van der Waals surface area contributed by atoms with E-state index in [1.165, 1.54) is 18.2 Å². The first-order chi connectivity index (χ1) is 10.5. The van der Waals surface area contributed by atoms with Crippen LogP contribution in [-0.4, -0.2) is 36.5 Å². The van der Waals surface area contributed by atoms with Gasteiger partial charge >= 0.3 is 6.03 Å². The van der Waals surface area contributed by atoms with Crippen LogP contribution in [0.25, 0.3) is 0 Å². The molecule has 1 rings (SSSR count). The van der Waals surface area contributed by atoms with E-state index in [9.17, 15) is 18.4 Å². The summed E-state index contributed by atoms with van der Waals surface area (Å²) in [5.74, 6) is -1.83. The van der Waals surface area contributed by atoms with Gasteiger partial charge < -0.3 is 5.32 Å². The van der Waals surface area contributed by atoms with E-state index < -0.39 is 23.6 Å². The zero-order chi connectivity index (χ0) is 16.5. The predicted octanol–water partition coefficient (Wildman–Crippen LogP) is 2.02. The third-order valence-electron chi connectivity index (χ3n) is 3.05. The van der Waals surface area contributed by atoms with Crippen LogP contribution in [0.3, 0.4) is 0 Å². The molecule has 0 atom stereocenters. The van der Waals surface area contributed by atoms with E-state index in [0.29, 0.717) is 13.1 Å². The number of imide groups is 1. The van der Waals surface area contributed by atoms with Crippen LogP contribution < -0.4 is 10.6 Å². The summed E-state index contributed by atoms with van der Waals surface area (Å²) in [5, 5.41) is 4.69. The molecule has 0 bridgehead atoms. The highest BCUT2D eigenvalue weighted by Gasteiger charge is 2.16. The lowest BCUT2D eigenvalue weighted by molar-refractivity contribution is -0.121. The number of halogens is 2. The van der Waals surface area contributed by atoms with Gasteiger partial charge in [-0.1, -0.05) is 19.9 Å². The molecule has 0 spiro atoms. The molecule has 0 aliphatic carbocycles. The van der Waals surface area contributed by atoms with Gasteiger partial charge in [-0.15, -0.1) is 0 Å². The molecule has 0 radical (unpaired) electrons. The van der Waals surface area contributed by atoms with E-state index in [1.54, 1.807) is 11.8 Å². The minimum Gasteiger partial charge on any atom is -0.338 e. The fourth-order valence-electron chi connectivity index (χ4n) is 1.84. The highest BCUT2D eigenvalue weighted by molar-refractivity contribution is 5.95. The third-order valence-corrected chi connectivity index (χ3v) is 3.05. The topological polar surface area (TPSA) is 61.4 Å². The Morgan fingerprint density at radius 2 is 1.82 bits per heavy atom. The lowest BCUT2D eigenvalue weighted by Crippen LogP contribution is -2.44. The number of carbonyl (C=O) groups excluding carboxylic acids is 2. The maximum Gasteiger partial charge on any atom is 0.321 e. The van der Waals surface area contributed by atoms with Crippen LogP contribution in [0.4, 0.5) is 13.6 Å². The Kier molecular flexibility index (Phi) is 7.45. The molecule has 0 saturated carbocycles. The summed E-state index contributed by atoms with van der Waals surface area (Å²) in [5.41, 5.74) is -0.0902. The molecule has 22 heavy (non-hydrogen) atoms. The standard InChI is InChI=1S/C15H21F2N3O2/c1-3-8-18-15(22)19-14(21)10-20(4-2)9-11-12(16)6-5-7-13(11)17/h5-7H,3-4,8-10H2,1-2H3,(H2,18,19,21,22). The SMILES string of the molecule is CCCNC(=O)NC(=O)CN(CC)Cc1c(F)cccc1F. The van der Waals surface area contributed by atoms with Gasteiger partial charge in [-0.05, 0) is 25.1 Å². The number of urea groups is 1. The number of nitrogens with one attached hydrogen (secondary N) is 2. The number of benzene rings is 1. The molecule has 0 aromatic heterocycles. The number of nitrogens with zero attached hydrogens (tertiary/aromatic N) is 1. The van der Waals surface area contributed by atoms with Gasteiger partial charge in [-0.2, -0.15) is 0 Å². The lowest BCUT2D eigenvalue weighted by atomic mass is 10.2. The van der Waals surface area contributed by atoms with Gasteiger partial charge in [0.1, 0.15) is 11.6 Å². The fourth-order valence-corrected chi connectivity index (χ4v) is 1.84. The Bertz CT molecular complexity index is 503. The van der Waals surface area contributed by atoms with E-state index in [2.05, 4.69) is 10.6 Å². The minimum atomic E-state index is -0.653. The maximum absolute atomic E-state index is 13.6. The summed E-state index contributed by atoms with van der Waals surface area (Å²) in [6, 6.07) is 3.06. The number of rotatable bonds is 7. The highest BCUT2D eigenvalue weighted by atomic mass is 19.1. The van der Waals surface area contributed by atoms with E-state index in [0.717, 1.165) is 6.42 Å². The molecule has 3 amide bonds. The molecule has 5 nitrogen and oxygen atoms in total. The second kappa shape index (κ2) is 9.09. The van der Waals surface area contributed by atoms with Crippen molar-refractivity contribution in [3.8, 4) is 0 Å². The smallest absolute Gasteiger partial charge is 0.321 e. The van der Waals surface area contributed by atoms with Crippen molar-refractivity contribution in [3.63, 3.8) is 0 Å². The lowest BCUT2D eigenvalue weighted by Gasteiger charge is -2.20. The Morgan fingerprint density at radius 3 is 2.36 bits per heavy atom. The first-order valence-corrected chi connectivity index (χ1v) is 7.20. The number of amides is 3. The molecule has 0 aliphatic rings. The Labute approximate surface area is 128 Å².